The molecule has 1 aliphatic heterocycles. The van der Waals surface area contributed by atoms with Gasteiger partial charge in [-0.2, -0.15) is 0 Å². The number of benzene rings is 3. The molecular weight excluding hydrogens is 464 g/mol. The van der Waals surface area contributed by atoms with Crippen LogP contribution in [0.4, 0.5) is 17.1 Å². The molecule has 0 radical (unpaired) electrons. The third-order valence-corrected chi connectivity index (χ3v) is 9.59. The van der Waals surface area contributed by atoms with Crippen molar-refractivity contribution < 1.29 is 0 Å². The van der Waals surface area contributed by atoms with Crippen LogP contribution in [0.15, 0.2) is 71.7 Å². The Morgan fingerprint density at radius 1 is 0.737 bits per heavy atom. The third kappa shape index (κ3) is 5.06. The first kappa shape index (κ1) is 25.0. The number of hydrogen-bond donors (Lipinski definition) is 3. The van der Waals surface area contributed by atoms with E-state index in [2.05, 4.69) is 66.8 Å². The molecule has 2 saturated carbocycles. The Balaban J connectivity index is 1.20. The molecule has 3 aromatic rings. The zero-order valence-corrected chi connectivity index (χ0v) is 22.7. The van der Waals surface area contributed by atoms with Gasteiger partial charge < -0.3 is 16.8 Å². The van der Waals surface area contributed by atoms with E-state index in [4.69, 9.17) is 16.5 Å². The minimum absolute atomic E-state index is 0.202. The molecule has 3 aliphatic rings. The minimum atomic E-state index is 0.202. The predicted octanol–water partition coefficient (Wildman–Crippen LogP) is 7.99. The van der Waals surface area contributed by atoms with Gasteiger partial charge in [-0.1, -0.05) is 68.3 Å². The molecule has 3 aromatic carbocycles. The number of anilines is 3. The van der Waals surface area contributed by atoms with Gasteiger partial charge in [0, 0.05) is 23.4 Å². The van der Waals surface area contributed by atoms with E-state index in [1.807, 2.05) is 12.1 Å². The summed E-state index contributed by atoms with van der Waals surface area (Å²) in [5.41, 5.74) is 21.3. The van der Waals surface area contributed by atoms with Gasteiger partial charge >= 0.3 is 0 Å². The van der Waals surface area contributed by atoms with Crippen LogP contribution in [0.25, 0.3) is 0 Å². The largest absolute Gasteiger partial charge is 0.398 e. The van der Waals surface area contributed by atoms with Gasteiger partial charge in [0.15, 0.2) is 0 Å². The highest BCUT2D eigenvalue weighted by Crippen LogP contribution is 2.48. The summed E-state index contributed by atoms with van der Waals surface area (Å²) in [5.74, 6) is 3.39. The van der Waals surface area contributed by atoms with Crippen molar-refractivity contribution in [2.24, 2.45) is 28.7 Å². The molecule has 6 rings (SSSR count). The predicted molar refractivity (Wildman–Crippen MR) is 160 cm³/mol. The Morgan fingerprint density at radius 3 is 2.13 bits per heavy atom. The molecule has 0 saturated heterocycles. The maximum absolute atomic E-state index is 6.58. The molecule has 198 valence electrons. The van der Waals surface area contributed by atoms with Crippen LogP contribution >= 0.6 is 0 Å². The third-order valence-electron chi connectivity index (χ3n) is 9.59. The van der Waals surface area contributed by atoms with Crippen LogP contribution in [-0.2, 0) is 6.54 Å². The van der Waals surface area contributed by atoms with E-state index in [-0.39, 0.29) is 6.04 Å². The molecule has 2 fully saturated rings. The standard InChI is InChI=1S/C34H42N4/c1-22-10-12-24(13-11-22)25-14-16-26(17-15-25)33-28-8-5-9-29(35)32(28)34(38-33)27-18-19-31(30(36)20-27)37-21-23-6-3-2-4-7-23/h2-9,18-20,22,24-26,33,37H,10-17,21,35-36H2,1H3. The van der Waals surface area contributed by atoms with Gasteiger partial charge in [0.25, 0.3) is 0 Å². The van der Waals surface area contributed by atoms with Crippen molar-refractivity contribution in [1.82, 2.24) is 0 Å². The van der Waals surface area contributed by atoms with Gasteiger partial charge in [-0.25, -0.2) is 0 Å². The van der Waals surface area contributed by atoms with Gasteiger partial charge in [0.05, 0.1) is 23.1 Å². The lowest BCUT2D eigenvalue weighted by molar-refractivity contribution is 0.142. The van der Waals surface area contributed by atoms with Crippen molar-refractivity contribution in [1.29, 1.82) is 0 Å². The summed E-state index contributed by atoms with van der Waals surface area (Å²) in [5, 5.41) is 3.48. The van der Waals surface area contributed by atoms with Crippen molar-refractivity contribution in [2.75, 3.05) is 16.8 Å². The van der Waals surface area contributed by atoms with E-state index in [0.29, 0.717) is 5.92 Å². The zero-order valence-electron chi connectivity index (χ0n) is 22.7. The lowest BCUT2D eigenvalue weighted by atomic mass is 9.68. The van der Waals surface area contributed by atoms with Gasteiger partial charge in [-0.15, -0.1) is 0 Å². The molecule has 2 aliphatic carbocycles. The first-order chi connectivity index (χ1) is 18.6. The molecule has 4 heteroatoms. The summed E-state index contributed by atoms with van der Waals surface area (Å²) in [6.45, 7) is 3.17. The van der Waals surface area contributed by atoms with E-state index in [1.54, 1.807) is 0 Å². The first-order valence-electron chi connectivity index (χ1n) is 14.7. The van der Waals surface area contributed by atoms with E-state index in [0.717, 1.165) is 58.2 Å². The molecule has 5 N–H and O–H groups in total. The number of nitrogens with one attached hydrogen (secondary N) is 1. The SMILES string of the molecule is CC1CCC(C2CCC(C3N=C(c4ccc(NCc5ccccc5)c(N)c4)c4c(N)cccc43)CC2)CC1. The van der Waals surface area contributed by atoms with E-state index in [1.165, 1.54) is 62.5 Å². The minimum Gasteiger partial charge on any atom is -0.398 e. The molecule has 0 aromatic heterocycles. The van der Waals surface area contributed by atoms with Crippen molar-refractivity contribution in [3.63, 3.8) is 0 Å². The average molecular weight is 507 g/mol. The van der Waals surface area contributed by atoms with Crippen LogP contribution < -0.4 is 16.8 Å². The summed E-state index contributed by atoms with van der Waals surface area (Å²) < 4.78 is 0. The quantitative estimate of drug-likeness (QED) is 0.297. The van der Waals surface area contributed by atoms with Crippen LogP contribution in [0.2, 0.25) is 0 Å². The molecule has 0 spiro atoms. The summed E-state index contributed by atoms with van der Waals surface area (Å²) >= 11 is 0. The number of rotatable bonds is 6. The highest BCUT2D eigenvalue weighted by Gasteiger charge is 2.37. The highest BCUT2D eigenvalue weighted by atomic mass is 14.9. The molecule has 38 heavy (non-hydrogen) atoms. The van der Waals surface area contributed by atoms with Gasteiger partial charge in [-0.05, 0) is 91.5 Å². The van der Waals surface area contributed by atoms with Crippen LogP contribution in [0, 0.1) is 23.7 Å². The molecule has 4 nitrogen and oxygen atoms in total. The Labute approximate surface area is 227 Å². The second kappa shape index (κ2) is 10.8. The van der Waals surface area contributed by atoms with Gasteiger partial charge in [-0.3, -0.25) is 4.99 Å². The van der Waals surface area contributed by atoms with Crippen molar-refractivity contribution >= 4 is 22.8 Å². The number of hydrogen-bond acceptors (Lipinski definition) is 4. The Morgan fingerprint density at radius 2 is 1.42 bits per heavy atom. The fourth-order valence-electron chi connectivity index (χ4n) is 7.31. The van der Waals surface area contributed by atoms with Crippen molar-refractivity contribution in [2.45, 2.75) is 70.9 Å². The summed E-state index contributed by atoms with van der Waals surface area (Å²) in [6.07, 6.45) is 11.0. The van der Waals surface area contributed by atoms with E-state index >= 15 is 0 Å². The highest BCUT2D eigenvalue weighted by molar-refractivity contribution is 6.18. The second-order valence-corrected chi connectivity index (χ2v) is 12.1. The number of aliphatic imine (C=N–C) groups is 1. The maximum Gasteiger partial charge on any atom is 0.0792 e. The molecular formula is C34H42N4. The van der Waals surface area contributed by atoms with Gasteiger partial charge in [0.1, 0.15) is 0 Å². The molecule has 0 bridgehead atoms. The van der Waals surface area contributed by atoms with E-state index in [9.17, 15) is 0 Å². The molecule has 0 amide bonds. The van der Waals surface area contributed by atoms with Crippen LogP contribution in [0.1, 0.15) is 86.6 Å². The fraction of sp³-hybridized carbons (Fsp3) is 0.441. The Hall–Kier alpha value is -3.27. The molecule has 1 heterocycles. The van der Waals surface area contributed by atoms with Crippen LogP contribution in [0.3, 0.4) is 0 Å². The number of nitrogen functional groups attached to an aromatic ring is 2. The smallest absolute Gasteiger partial charge is 0.0792 e. The van der Waals surface area contributed by atoms with Crippen molar-refractivity contribution in [3.8, 4) is 0 Å². The number of fused-ring (bicyclic) bond motifs is 1. The Kier molecular flexibility index (Phi) is 7.14. The summed E-state index contributed by atoms with van der Waals surface area (Å²) in [7, 11) is 0. The topological polar surface area (TPSA) is 76.4 Å². The first-order valence-corrected chi connectivity index (χ1v) is 14.7. The van der Waals surface area contributed by atoms with E-state index < -0.39 is 0 Å². The monoisotopic (exact) mass is 506 g/mol. The zero-order chi connectivity index (χ0) is 26.1. The fourth-order valence-corrected chi connectivity index (χ4v) is 7.31. The van der Waals surface area contributed by atoms with Crippen LogP contribution in [-0.4, -0.2) is 5.71 Å². The Bertz CT molecular complexity index is 1280. The molecule has 1 unspecified atom stereocenters. The summed E-state index contributed by atoms with van der Waals surface area (Å²) in [4.78, 5) is 5.38. The lowest BCUT2D eigenvalue weighted by Crippen LogP contribution is -2.26. The normalized spacial score (nSPS) is 27.0. The van der Waals surface area contributed by atoms with Gasteiger partial charge in [0.2, 0.25) is 0 Å². The molecule has 1 atom stereocenters. The summed E-state index contributed by atoms with van der Waals surface area (Å²) in [6, 6.07) is 23.2. The lowest BCUT2D eigenvalue weighted by Gasteiger charge is -2.38. The maximum atomic E-state index is 6.58. The second-order valence-electron chi connectivity index (χ2n) is 12.1. The van der Waals surface area contributed by atoms with Crippen LogP contribution in [0.5, 0.6) is 0 Å². The average Bonchev–Trinajstić information content (AvgIpc) is 3.34. The van der Waals surface area contributed by atoms with Crippen molar-refractivity contribution in [3.05, 3.63) is 89.0 Å². The number of nitrogens with two attached hydrogens (primary N) is 2. The number of nitrogens with zero attached hydrogens (tertiary/aromatic N) is 1.